The molecule has 3 aromatic carbocycles. The van der Waals surface area contributed by atoms with Crippen molar-refractivity contribution >= 4 is 74.0 Å². The van der Waals surface area contributed by atoms with Crippen LogP contribution in [0, 0.1) is 17.6 Å². The molecule has 1 N–H and O–H groups in total. The van der Waals surface area contributed by atoms with Gasteiger partial charge in [0.25, 0.3) is 5.91 Å². The number of rotatable bonds is 8. The number of hydrogen-bond acceptors (Lipinski definition) is 5. The number of nitrogens with zero attached hydrogens (tertiary/aromatic N) is 2. The van der Waals surface area contributed by atoms with Gasteiger partial charge >= 0.3 is 0 Å². The quantitative estimate of drug-likeness (QED) is 0.254. The molecule has 0 aromatic heterocycles. The van der Waals surface area contributed by atoms with Crippen molar-refractivity contribution in [3.05, 3.63) is 116 Å². The first-order chi connectivity index (χ1) is 20.4. The highest BCUT2D eigenvalue weighted by Gasteiger charge is 2.43. The van der Waals surface area contributed by atoms with E-state index in [1.165, 1.54) is 24.5 Å². The maximum Gasteiger partial charge on any atom is 0.262 e. The molecule has 0 saturated heterocycles. The van der Waals surface area contributed by atoms with Crippen LogP contribution in [0.1, 0.15) is 39.6 Å². The van der Waals surface area contributed by atoms with Crippen molar-refractivity contribution in [3.63, 3.8) is 0 Å². The van der Waals surface area contributed by atoms with Crippen LogP contribution < -0.4 is 4.72 Å². The van der Waals surface area contributed by atoms with E-state index in [1.54, 1.807) is 43.3 Å². The van der Waals surface area contributed by atoms with Crippen LogP contribution in [0.2, 0.25) is 15.1 Å². The number of fused-ring (bicyclic) bond motifs is 1. The zero-order valence-electron chi connectivity index (χ0n) is 22.3. The average Bonchev–Trinajstić information content (AvgIpc) is 3.34. The Balaban J connectivity index is 1.61. The second kappa shape index (κ2) is 12.2. The van der Waals surface area contributed by atoms with Crippen molar-refractivity contribution in [1.82, 2.24) is 4.90 Å². The molecule has 0 aliphatic carbocycles. The van der Waals surface area contributed by atoms with Crippen molar-refractivity contribution in [2.75, 3.05) is 10.5 Å². The SMILES string of the molecule is CCCS(=O)(=O)Nc1ccc(F)c(C(=O)C2=CN(C(=O)c3c(Cl)cccc3Cl)C3N=CC(c4ccc(Cl)cc4)=C[C@@H]23)c1F. The van der Waals surface area contributed by atoms with Crippen LogP contribution in [0.25, 0.3) is 5.57 Å². The Labute approximate surface area is 261 Å². The zero-order chi connectivity index (χ0) is 31.1. The third kappa shape index (κ3) is 6.10. The minimum Gasteiger partial charge on any atom is -0.291 e. The summed E-state index contributed by atoms with van der Waals surface area (Å²) in [4.78, 5) is 33.3. The maximum absolute atomic E-state index is 15.6. The monoisotopic (exact) mass is 663 g/mol. The van der Waals surface area contributed by atoms with Gasteiger partial charge in [-0.2, -0.15) is 0 Å². The molecule has 3 aromatic rings. The Bertz CT molecular complexity index is 1820. The molecule has 0 spiro atoms. The molecule has 1 amide bonds. The standard InChI is InChI=1S/C30H22Cl3F2N3O4S/c1-2-12-43(41,42)37-24-11-10-23(34)26(27(24)35)28(39)20-15-38(30(40)25-21(32)4-3-5-22(25)33)29-19(20)13-17(14-36-29)16-6-8-18(31)9-7-16/h3-11,13-15,19,29,37H,2,12H2,1H3/t19-,29?/m0/s1. The lowest BCUT2D eigenvalue weighted by Crippen LogP contribution is -2.37. The zero-order valence-corrected chi connectivity index (χ0v) is 25.4. The molecule has 7 nitrogen and oxygen atoms in total. The largest absolute Gasteiger partial charge is 0.291 e. The van der Waals surface area contributed by atoms with Gasteiger partial charge in [-0.05, 0) is 54.0 Å². The molecule has 2 aliphatic heterocycles. The molecule has 0 bridgehead atoms. The lowest BCUT2D eigenvalue weighted by Gasteiger charge is -2.27. The number of anilines is 1. The van der Waals surface area contributed by atoms with Crippen LogP contribution in [0.4, 0.5) is 14.5 Å². The lowest BCUT2D eigenvalue weighted by molar-refractivity contribution is 0.0776. The summed E-state index contributed by atoms with van der Waals surface area (Å²) in [6, 6.07) is 13.0. The molecule has 5 rings (SSSR count). The Morgan fingerprint density at radius 1 is 0.977 bits per heavy atom. The summed E-state index contributed by atoms with van der Waals surface area (Å²) in [5.41, 5.74) is -0.491. The summed E-state index contributed by atoms with van der Waals surface area (Å²) in [6.45, 7) is 1.62. The molecular weight excluding hydrogens is 643 g/mol. The third-order valence-corrected chi connectivity index (χ3v) is 9.23. The number of carbonyl (C=O) groups is 2. The van der Waals surface area contributed by atoms with Crippen molar-refractivity contribution < 1.29 is 26.8 Å². The van der Waals surface area contributed by atoms with E-state index in [-0.39, 0.29) is 33.4 Å². The van der Waals surface area contributed by atoms with Gasteiger partial charge in [-0.1, -0.05) is 66.0 Å². The molecule has 2 heterocycles. The van der Waals surface area contributed by atoms with E-state index in [1.807, 2.05) is 0 Å². The van der Waals surface area contributed by atoms with Crippen LogP contribution in [-0.2, 0) is 10.0 Å². The van der Waals surface area contributed by atoms with Crippen molar-refractivity contribution in [3.8, 4) is 0 Å². The van der Waals surface area contributed by atoms with Gasteiger partial charge in [0.15, 0.2) is 11.6 Å². The summed E-state index contributed by atoms with van der Waals surface area (Å²) >= 11 is 18.6. The number of halogens is 5. The van der Waals surface area contributed by atoms with E-state index in [0.29, 0.717) is 16.2 Å². The molecule has 222 valence electrons. The fraction of sp³-hybridized carbons (Fsp3) is 0.167. The van der Waals surface area contributed by atoms with E-state index in [4.69, 9.17) is 34.8 Å². The van der Waals surface area contributed by atoms with E-state index < -0.39 is 56.7 Å². The fourth-order valence-corrected chi connectivity index (χ4v) is 6.70. The lowest BCUT2D eigenvalue weighted by atomic mass is 9.87. The number of benzene rings is 3. The van der Waals surface area contributed by atoms with Crippen LogP contribution in [0.15, 0.2) is 77.4 Å². The number of ketones is 1. The first-order valence-electron chi connectivity index (χ1n) is 12.9. The molecule has 0 radical (unpaired) electrons. The number of aliphatic imine (C=N–C) groups is 1. The molecule has 43 heavy (non-hydrogen) atoms. The molecule has 0 fully saturated rings. The first kappa shape index (κ1) is 30.9. The molecule has 13 heteroatoms. The van der Waals surface area contributed by atoms with E-state index in [0.717, 1.165) is 17.0 Å². The number of dihydropyridines is 1. The molecule has 1 unspecified atom stereocenters. The predicted molar refractivity (Wildman–Crippen MR) is 164 cm³/mol. The van der Waals surface area contributed by atoms with Gasteiger partial charge in [-0.15, -0.1) is 0 Å². The smallest absolute Gasteiger partial charge is 0.262 e. The maximum atomic E-state index is 15.6. The van der Waals surface area contributed by atoms with Crippen molar-refractivity contribution in [2.24, 2.45) is 10.9 Å². The number of Topliss-reactive ketones (excluding diaryl/α,β-unsaturated/α-hetero) is 1. The Hall–Kier alpha value is -3.57. The average molecular weight is 665 g/mol. The minimum absolute atomic E-state index is 0.0399. The van der Waals surface area contributed by atoms with Gasteiger partial charge in [-0.3, -0.25) is 24.2 Å². The third-order valence-electron chi connectivity index (χ3n) is 6.88. The predicted octanol–water partition coefficient (Wildman–Crippen LogP) is 7.41. The summed E-state index contributed by atoms with van der Waals surface area (Å²) < 4.78 is 57.4. The van der Waals surface area contributed by atoms with Crippen LogP contribution in [0.3, 0.4) is 0 Å². The number of allylic oxidation sites excluding steroid dienone is 1. The topological polar surface area (TPSA) is 95.9 Å². The molecule has 2 aliphatic rings. The molecular formula is C30H22Cl3F2N3O4S. The van der Waals surface area contributed by atoms with Crippen LogP contribution >= 0.6 is 34.8 Å². The number of sulfonamides is 1. The van der Waals surface area contributed by atoms with Crippen LogP contribution in [0.5, 0.6) is 0 Å². The highest BCUT2D eigenvalue weighted by Crippen LogP contribution is 2.40. The number of nitrogens with one attached hydrogen (secondary N) is 1. The number of amides is 1. The number of carbonyl (C=O) groups excluding carboxylic acids is 2. The highest BCUT2D eigenvalue weighted by molar-refractivity contribution is 7.92. The van der Waals surface area contributed by atoms with Gasteiger partial charge in [0.1, 0.15) is 12.0 Å². The summed E-state index contributed by atoms with van der Waals surface area (Å²) in [6.07, 6.45) is 3.60. The number of hydrogen-bond donors (Lipinski definition) is 1. The Morgan fingerprint density at radius 3 is 2.30 bits per heavy atom. The van der Waals surface area contributed by atoms with Gasteiger partial charge in [-0.25, -0.2) is 17.2 Å². The van der Waals surface area contributed by atoms with Gasteiger partial charge in [0.05, 0.1) is 32.6 Å². The van der Waals surface area contributed by atoms with E-state index in [2.05, 4.69) is 9.71 Å². The van der Waals surface area contributed by atoms with Crippen molar-refractivity contribution in [2.45, 2.75) is 19.5 Å². The summed E-state index contributed by atoms with van der Waals surface area (Å²) in [7, 11) is -3.95. The summed E-state index contributed by atoms with van der Waals surface area (Å²) in [5.74, 6) is -5.62. The molecule has 2 atom stereocenters. The van der Waals surface area contributed by atoms with Gasteiger partial charge in [0.2, 0.25) is 10.0 Å². The Morgan fingerprint density at radius 2 is 1.65 bits per heavy atom. The second-order valence-corrected chi connectivity index (χ2v) is 12.9. The fourth-order valence-electron chi connectivity index (χ4n) is 4.88. The highest BCUT2D eigenvalue weighted by atomic mass is 35.5. The van der Waals surface area contributed by atoms with Crippen molar-refractivity contribution in [1.29, 1.82) is 0 Å². The molecule has 0 saturated carbocycles. The van der Waals surface area contributed by atoms with Gasteiger partial charge in [0, 0.05) is 28.9 Å². The normalized spacial score (nSPS) is 17.8. The second-order valence-electron chi connectivity index (χ2n) is 9.77. The van der Waals surface area contributed by atoms with Gasteiger partial charge < -0.3 is 0 Å². The van der Waals surface area contributed by atoms with E-state index >= 15 is 8.78 Å². The minimum atomic E-state index is -3.95. The Kier molecular flexibility index (Phi) is 8.76. The van der Waals surface area contributed by atoms with Crippen LogP contribution in [-0.4, -0.2) is 43.1 Å². The summed E-state index contributed by atoms with van der Waals surface area (Å²) in [5, 5.41) is 0.618. The first-order valence-corrected chi connectivity index (χ1v) is 15.7. The van der Waals surface area contributed by atoms with E-state index in [9.17, 15) is 18.0 Å².